The summed E-state index contributed by atoms with van der Waals surface area (Å²) in [6.45, 7) is 0.116. The van der Waals surface area contributed by atoms with Gasteiger partial charge in [0.15, 0.2) is 5.96 Å². The number of nitrogens with zero attached hydrogens (tertiary/aromatic N) is 1. The van der Waals surface area contributed by atoms with Crippen molar-refractivity contribution < 1.29 is 34.2 Å². The minimum atomic E-state index is -1.57. The number of carbonyl (C=O) groups is 5. The number of nitrogens with two attached hydrogens (primary N) is 4. The number of carboxylic acid groups (broad SMARTS) is 1. The Morgan fingerprint density at radius 1 is 0.826 bits per heavy atom. The summed E-state index contributed by atoms with van der Waals surface area (Å²) in [5, 5.41) is 27.5. The maximum atomic E-state index is 13.5. The lowest BCUT2D eigenvalue weighted by Crippen LogP contribution is -2.58. The molecule has 0 saturated heterocycles. The van der Waals surface area contributed by atoms with E-state index in [1.165, 1.54) is 12.1 Å². The van der Waals surface area contributed by atoms with Gasteiger partial charge in [-0.25, -0.2) is 4.79 Å². The van der Waals surface area contributed by atoms with Crippen molar-refractivity contribution >= 4 is 46.5 Å². The van der Waals surface area contributed by atoms with Gasteiger partial charge in [0.25, 0.3) is 0 Å². The summed E-state index contributed by atoms with van der Waals surface area (Å²) in [7, 11) is 0. The number of carboxylic acids is 1. The van der Waals surface area contributed by atoms with Gasteiger partial charge < -0.3 is 54.1 Å². The molecule has 16 heteroatoms. The summed E-state index contributed by atoms with van der Waals surface area (Å²) in [6.07, 6.45) is 1.32. The van der Waals surface area contributed by atoms with Crippen LogP contribution in [0.4, 0.5) is 0 Å². The van der Waals surface area contributed by atoms with Crippen LogP contribution in [0.15, 0.2) is 59.7 Å². The molecule has 0 aliphatic carbocycles. The lowest BCUT2D eigenvalue weighted by molar-refractivity contribution is -0.142. The molecule has 4 unspecified atom stereocenters. The molecule has 0 spiro atoms. The zero-order chi connectivity index (χ0) is 33.8. The molecule has 3 rings (SSSR count). The Morgan fingerprint density at radius 3 is 2.11 bits per heavy atom. The third-order valence-corrected chi connectivity index (χ3v) is 7.06. The number of phenolic OH excluding ortho intramolecular Hbond substituents is 1. The molecular formula is C30H39N9O7. The van der Waals surface area contributed by atoms with Crippen molar-refractivity contribution in [2.75, 3.05) is 6.54 Å². The third-order valence-electron chi connectivity index (χ3n) is 7.06. The van der Waals surface area contributed by atoms with Crippen LogP contribution in [0.2, 0.25) is 0 Å². The number of H-pyrrole nitrogens is 1. The van der Waals surface area contributed by atoms with Crippen LogP contribution in [0.3, 0.4) is 0 Å². The average molecular weight is 638 g/mol. The van der Waals surface area contributed by atoms with Crippen LogP contribution in [0.25, 0.3) is 10.9 Å². The summed E-state index contributed by atoms with van der Waals surface area (Å²) in [5.41, 5.74) is 24.3. The van der Waals surface area contributed by atoms with Gasteiger partial charge >= 0.3 is 5.97 Å². The average Bonchev–Trinajstić information content (AvgIpc) is 3.40. The minimum Gasteiger partial charge on any atom is -0.508 e. The second kappa shape index (κ2) is 16.4. The second-order valence-corrected chi connectivity index (χ2v) is 10.7. The molecule has 3 aromatic rings. The predicted octanol–water partition coefficient (Wildman–Crippen LogP) is -1.55. The number of aliphatic carboxylic acids is 1. The number of phenols is 1. The van der Waals surface area contributed by atoms with E-state index in [4.69, 9.17) is 22.9 Å². The Hall–Kier alpha value is -5.64. The number of rotatable bonds is 17. The SMILES string of the molecule is NC(=O)CC(NC(=O)C(Cc1ccc(O)cc1)NC(=O)C(N)Cc1c[nH]c2ccccc12)C(=O)NC(CCCN=C(N)N)C(=O)O. The van der Waals surface area contributed by atoms with Crippen LogP contribution in [0, 0.1) is 0 Å². The first-order chi connectivity index (χ1) is 21.8. The first kappa shape index (κ1) is 34.8. The van der Waals surface area contributed by atoms with Gasteiger partial charge in [0, 0.05) is 30.1 Å². The standard InChI is InChI=1S/C30H39N9O7/c31-20(13-17-15-36-21-5-2-1-4-19(17)21)26(42)38-23(12-16-7-9-18(40)10-8-16)27(43)39-24(14-25(32)41)28(44)37-22(29(45)46)6-3-11-35-30(33)34/h1-2,4-5,7-10,15,20,22-24,36,40H,3,6,11-14,31H2,(H2,32,41)(H,37,44)(H,38,42)(H,39,43)(H,45,46)(H4,33,34,35). The number of aromatic nitrogens is 1. The van der Waals surface area contributed by atoms with Crippen LogP contribution < -0.4 is 38.9 Å². The number of carbonyl (C=O) groups excluding carboxylic acids is 4. The van der Waals surface area contributed by atoms with Gasteiger partial charge in [-0.2, -0.15) is 0 Å². The molecule has 1 aromatic heterocycles. The molecule has 0 aliphatic heterocycles. The Kier molecular flexibility index (Phi) is 12.5. The number of aromatic amines is 1. The van der Waals surface area contributed by atoms with E-state index in [9.17, 15) is 34.2 Å². The number of aromatic hydroxyl groups is 1. The molecule has 1 heterocycles. The van der Waals surface area contributed by atoms with Crippen LogP contribution in [-0.4, -0.2) is 81.5 Å². The molecule has 46 heavy (non-hydrogen) atoms. The molecule has 0 fully saturated rings. The summed E-state index contributed by atoms with van der Waals surface area (Å²) >= 11 is 0. The van der Waals surface area contributed by atoms with E-state index in [0.717, 1.165) is 16.5 Å². The number of aliphatic imine (C=N–C) groups is 1. The van der Waals surface area contributed by atoms with Gasteiger partial charge in [0.05, 0.1) is 12.5 Å². The highest BCUT2D eigenvalue weighted by atomic mass is 16.4. The van der Waals surface area contributed by atoms with Crippen molar-refractivity contribution in [3.05, 3.63) is 65.9 Å². The summed E-state index contributed by atoms with van der Waals surface area (Å²) in [6, 6.07) is 8.07. The van der Waals surface area contributed by atoms with Crippen molar-refractivity contribution in [1.82, 2.24) is 20.9 Å². The van der Waals surface area contributed by atoms with Crippen LogP contribution in [0.5, 0.6) is 5.75 Å². The smallest absolute Gasteiger partial charge is 0.326 e. The number of guanidine groups is 1. The number of fused-ring (bicyclic) bond motifs is 1. The second-order valence-electron chi connectivity index (χ2n) is 10.7. The molecule has 0 radical (unpaired) electrons. The van der Waals surface area contributed by atoms with E-state index in [0.29, 0.717) is 5.56 Å². The number of amides is 4. The van der Waals surface area contributed by atoms with Gasteiger partial charge in [-0.05, 0) is 48.6 Å². The Bertz CT molecular complexity index is 1570. The number of nitrogens with one attached hydrogen (secondary N) is 4. The fraction of sp³-hybridized carbons (Fsp3) is 0.333. The first-order valence-electron chi connectivity index (χ1n) is 14.4. The van der Waals surface area contributed by atoms with E-state index in [2.05, 4.69) is 25.9 Å². The van der Waals surface area contributed by atoms with E-state index >= 15 is 0 Å². The van der Waals surface area contributed by atoms with E-state index < -0.39 is 60.2 Å². The van der Waals surface area contributed by atoms with Crippen molar-refractivity contribution in [2.45, 2.75) is 56.3 Å². The van der Waals surface area contributed by atoms with E-state index in [1.54, 1.807) is 18.3 Å². The molecule has 14 N–H and O–H groups in total. The predicted molar refractivity (Wildman–Crippen MR) is 169 cm³/mol. The van der Waals surface area contributed by atoms with Crippen molar-refractivity contribution in [3.8, 4) is 5.75 Å². The zero-order valence-electron chi connectivity index (χ0n) is 24.9. The van der Waals surface area contributed by atoms with Crippen molar-refractivity contribution in [1.29, 1.82) is 0 Å². The van der Waals surface area contributed by atoms with Gasteiger partial charge in [0.1, 0.15) is 23.9 Å². The number of primary amides is 1. The first-order valence-corrected chi connectivity index (χ1v) is 14.4. The molecule has 4 atom stereocenters. The summed E-state index contributed by atoms with van der Waals surface area (Å²) in [4.78, 5) is 70.4. The fourth-order valence-electron chi connectivity index (χ4n) is 4.70. The number of para-hydroxylation sites is 1. The lowest BCUT2D eigenvalue weighted by atomic mass is 10.0. The molecular weight excluding hydrogens is 598 g/mol. The van der Waals surface area contributed by atoms with Crippen LogP contribution in [-0.2, 0) is 36.8 Å². The van der Waals surface area contributed by atoms with Crippen molar-refractivity contribution in [2.24, 2.45) is 27.9 Å². The molecule has 246 valence electrons. The monoisotopic (exact) mass is 637 g/mol. The van der Waals surface area contributed by atoms with E-state index in [-0.39, 0.29) is 43.9 Å². The fourth-order valence-corrected chi connectivity index (χ4v) is 4.70. The van der Waals surface area contributed by atoms with Gasteiger partial charge in [-0.15, -0.1) is 0 Å². The molecule has 0 aliphatic rings. The molecule has 0 bridgehead atoms. The normalized spacial score (nSPS) is 13.5. The highest BCUT2D eigenvalue weighted by Gasteiger charge is 2.31. The summed E-state index contributed by atoms with van der Waals surface area (Å²) < 4.78 is 0. The lowest BCUT2D eigenvalue weighted by Gasteiger charge is -2.25. The maximum absolute atomic E-state index is 13.5. The molecule has 4 amide bonds. The Morgan fingerprint density at radius 2 is 1.46 bits per heavy atom. The third kappa shape index (κ3) is 10.5. The number of hydrogen-bond donors (Lipinski definition) is 10. The van der Waals surface area contributed by atoms with E-state index in [1.807, 2.05) is 24.3 Å². The van der Waals surface area contributed by atoms with Crippen LogP contribution >= 0.6 is 0 Å². The topological polar surface area (TPSA) is 294 Å². The van der Waals surface area contributed by atoms with Crippen LogP contribution in [0.1, 0.15) is 30.4 Å². The highest BCUT2D eigenvalue weighted by Crippen LogP contribution is 2.19. The Labute approximate surface area is 264 Å². The number of hydrogen-bond acceptors (Lipinski definition) is 8. The van der Waals surface area contributed by atoms with Gasteiger partial charge in [0.2, 0.25) is 23.6 Å². The minimum absolute atomic E-state index is 0.0148. The summed E-state index contributed by atoms with van der Waals surface area (Å²) in [5.74, 6) is -4.99. The largest absolute Gasteiger partial charge is 0.508 e. The highest BCUT2D eigenvalue weighted by molar-refractivity contribution is 5.96. The van der Waals surface area contributed by atoms with Crippen molar-refractivity contribution in [3.63, 3.8) is 0 Å². The Balaban J connectivity index is 1.76. The van der Waals surface area contributed by atoms with Gasteiger partial charge in [-0.3, -0.25) is 24.2 Å². The molecule has 0 saturated carbocycles. The molecule has 2 aromatic carbocycles. The quantitative estimate of drug-likeness (QED) is 0.0462. The van der Waals surface area contributed by atoms with Gasteiger partial charge in [-0.1, -0.05) is 30.3 Å². The molecule has 16 nitrogen and oxygen atoms in total. The zero-order valence-corrected chi connectivity index (χ0v) is 24.9. The maximum Gasteiger partial charge on any atom is 0.326 e. The number of benzene rings is 2.